The minimum atomic E-state index is -0.0259. The normalized spacial score (nSPS) is 27.2. The van der Waals surface area contributed by atoms with Crippen molar-refractivity contribution in [2.75, 3.05) is 0 Å². The molecule has 1 aromatic carbocycles. The molecule has 2 nitrogen and oxygen atoms in total. The second kappa shape index (κ2) is 11.8. The van der Waals surface area contributed by atoms with E-state index in [0.29, 0.717) is 0 Å². The molecule has 0 unspecified atom stereocenters. The minimum absolute atomic E-state index is 0.0250. The van der Waals surface area contributed by atoms with Crippen molar-refractivity contribution in [1.82, 2.24) is 0 Å². The fourth-order valence-electron chi connectivity index (χ4n) is 5.35. The Kier molecular flexibility index (Phi) is 9.08. The van der Waals surface area contributed by atoms with Crippen molar-refractivity contribution < 1.29 is 9.53 Å². The van der Waals surface area contributed by atoms with Gasteiger partial charge in [-0.3, -0.25) is 4.79 Å². The molecule has 1 heterocycles. The van der Waals surface area contributed by atoms with Crippen LogP contribution in [0.25, 0.3) is 0 Å². The molecule has 1 aliphatic carbocycles. The highest BCUT2D eigenvalue weighted by Gasteiger charge is 2.34. The van der Waals surface area contributed by atoms with Crippen LogP contribution in [0.3, 0.4) is 0 Å². The molecule has 0 bridgehead atoms. The van der Waals surface area contributed by atoms with Gasteiger partial charge in [-0.05, 0) is 55.1 Å². The monoisotopic (exact) mass is 398 g/mol. The van der Waals surface area contributed by atoms with Gasteiger partial charge in [0.25, 0.3) is 0 Å². The zero-order valence-corrected chi connectivity index (χ0v) is 18.8. The van der Waals surface area contributed by atoms with E-state index in [9.17, 15) is 4.79 Å². The molecule has 2 fully saturated rings. The first-order valence-corrected chi connectivity index (χ1v) is 12.5. The first-order valence-electron chi connectivity index (χ1n) is 12.5. The molecule has 1 saturated carbocycles. The van der Waals surface area contributed by atoms with Gasteiger partial charge in [0.15, 0.2) is 0 Å². The summed E-state index contributed by atoms with van der Waals surface area (Å²) in [4.78, 5) is 12.2. The number of hydrogen-bond donors (Lipinski definition) is 0. The van der Waals surface area contributed by atoms with Crippen molar-refractivity contribution in [3.05, 3.63) is 35.4 Å². The van der Waals surface area contributed by atoms with Crippen LogP contribution in [-0.4, -0.2) is 5.97 Å². The van der Waals surface area contributed by atoms with Crippen molar-refractivity contribution in [2.45, 2.75) is 116 Å². The van der Waals surface area contributed by atoms with Crippen LogP contribution >= 0.6 is 0 Å². The number of ether oxygens (including phenoxy) is 1. The average molecular weight is 399 g/mol. The maximum atomic E-state index is 12.2. The van der Waals surface area contributed by atoms with E-state index >= 15 is 0 Å². The Morgan fingerprint density at radius 3 is 2.10 bits per heavy atom. The lowest BCUT2D eigenvalue weighted by atomic mass is 9.77. The number of hydrogen-bond acceptors (Lipinski definition) is 2. The van der Waals surface area contributed by atoms with E-state index in [4.69, 9.17) is 4.74 Å². The Morgan fingerprint density at radius 2 is 1.41 bits per heavy atom. The van der Waals surface area contributed by atoms with Crippen LogP contribution in [0, 0.1) is 11.8 Å². The maximum absolute atomic E-state index is 12.2. The Hall–Kier alpha value is -1.31. The largest absolute Gasteiger partial charge is 0.457 e. The summed E-state index contributed by atoms with van der Waals surface area (Å²) in [6, 6.07) is 9.06. The lowest BCUT2D eigenvalue weighted by molar-refractivity contribution is -0.144. The summed E-state index contributed by atoms with van der Waals surface area (Å²) < 4.78 is 5.72. The minimum Gasteiger partial charge on any atom is -0.457 e. The predicted octanol–water partition coefficient (Wildman–Crippen LogP) is 8.12. The Morgan fingerprint density at radius 1 is 0.793 bits per heavy atom. The second-order valence-corrected chi connectivity index (χ2v) is 9.59. The first-order chi connectivity index (χ1) is 14.2. The van der Waals surface area contributed by atoms with E-state index in [2.05, 4.69) is 38.1 Å². The van der Waals surface area contributed by atoms with Gasteiger partial charge >= 0.3 is 5.97 Å². The molecule has 2 heteroatoms. The molecule has 2 aliphatic rings. The molecular formula is C27H42O2. The molecule has 0 radical (unpaired) electrons. The van der Waals surface area contributed by atoms with Gasteiger partial charge in [-0.1, -0.05) is 89.5 Å². The summed E-state index contributed by atoms with van der Waals surface area (Å²) in [5.41, 5.74) is 2.67. The molecule has 2 atom stereocenters. The Bertz CT molecular complexity index is 597. The molecule has 0 aromatic heterocycles. The third kappa shape index (κ3) is 6.59. The molecule has 0 spiro atoms. The van der Waals surface area contributed by atoms with Crippen molar-refractivity contribution in [1.29, 1.82) is 0 Å². The highest BCUT2D eigenvalue weighted by molar-refractivity contribution is 5.74. The average Bonchev–Trinajstić information content (AvgIpc) is 3.13. The van der Waals surface area contributed by atoms with Gasteiger partial charge in [0.05, 0.1) is 5.92 Å². The third-order valence-electron chi connectivity index (χ3n) is 7.34. The molecule has 3 rings (SSSR count). The van der Waals surface area contributed by atoms with Crippen LogP contribution in [-0.2, 0) is 9.53 Å². The van der Waals surface area contributed by atoms with Crippen molar-refractivity contribution in [2.24, 2.45) is 11.8 Å². The molecule has 1 aliphatic heterocycles. The number of carbonyl (C=O) groups is 1. The predicted molar refractivity (Wildman–Crippen MR) is 121 cm³/mol. The van der Waals surface area contributed by atoms with Crippen LogP contribution in [0.1, 0.15) is 127 Å². The standard InChI is InChI=1S/C27H42O2/c1-3-5-7-9-11-25-20-26(29-27(25)28)24-18-16-23(17-19-24)22-14-12-21(13-15-22)10-8-6-4-2/h16-19,21-22,25-26H,3-15,20H2,1-2H3/t21?,22?,25-,26-/m0/s1. The smallest absolute Gasteiger partial charge is 0.309 e. The highest BCUT2D eigenvalue weighted by atomic mass is 16.5. The number of cyclic esters (lactones) is 1. The quantitative estimate of drug-likeness (QED) is 0.278. The fraction of sp³-hybridized carbons (Fsp3) is 0.741. The molecule has 162 valence electrons. The molecule has 29 heavy (non-hydrogen) atoms. The van der Waals surface area contributed by atoms with Crippen LogP contribution in [0.4, 0.5) is 0 Å². The van der Waals surface area contributed by atoms with Gasteiger partial charge in [0.2, 0.25) is 0 Å². The summed E-state index contributed by atoms with van der Waals surface area (Å²) in [6.45, 7) is 4.52. The van der Waals surface area contributed by atoms with E-state index < -0.39 is 0 Å². The van der Waals surface area contributed by atoms with Gasteiger partial charge in [-0.15, -0.1) is 0 Å². The third-order valence-corrected chi connectivity index (χ3v) is 7.34. The van der Waals surface area contributed by atoms with Gasteiger partial charge < -0.3 is 4.74 Å². The van der Waals surface area contributed by atoms with Crippen molar-refractivity contribution in [3.63, 3.8) is 0 Å². The maximum Gasteiger partial charge on any atom is 0.309 e. The summed E-state index contributed by atoms with van der Waals surface area (Å²) in [6.07, 6.45) is 17.8. The lowest BCUT2D eigenvalue weighted by Gasteiger charge is -2.29. The van der Waals surface area contributed by atoms with E-state index in [1.807, 2.05) is 0 Å². The van der Waals surface area contributed by atoms with E-state index in [1.54, 1.807) is 0 Å². The van der Waals surface area contributed by atoms with E-state index in [1.165, 1.54) is 81.8 Å². The van der Waals surface area contributed by atoms with Crippen LogP contribution in [0.5, 0.6) is 0 Å². The summed E-state index contributed by atoms with van der Waals surface area (Å²) >= 11 is 0. The molecule has 1 saturated heterocycles. The number of unbranched alkanes of at least 4 members (excludes halogenated alkanes) is 5. The molecule has 0 amide bonds. The van der Waals surface area contributed by atoms with Crippen LogP contribution < -0.4 is 0 Å². The zero-order chi connectivity index (χ0) is 20.5. The molecule has 0 N–H and O–H groups in total. The van der Waals surface area contributed by atoms with Gasteiger partial charge in [-0.2, -0.15) is 0 Å². The van der Waals surface area contributed by atoms with E-state index in [0.717, 1.165) is 31.1 Å². The number of carbonyl (C=O) groups excluding carboxylic acids is 1. The summed E-state index contributed by atoms with van der Waals surface area (Å²) in [7, 11) is 0. The highest BCUT2D eigenvalue weighted by Crippen LogP contribution is 2.40. The summed E-state index contributed by atoms with van der Waals surface area (Å²) in [5, 5.41) is 0. The van der Waals surface area contributed by atoms with Gasteiger partial charge in [0.1, 0.15) is 6.10 Å². The topological polar surface area (TPSA) is 26.3 Å². The fourth-order valence-corrected chi connectivity index (χ4v) is 5.35. The number of esters is 1. The lowest BCUT2D eigenvalue weighted by Crippen LogP contribution is -2.13. The van der Waals surface area contributed by atoms with Crippen molar-refractivity contribution in [3.8, 4) is 0 Å². The Labute approximate surface area is 178 Å². The first kappa shape index (κ1) is 22.4. The van der Waals surface area contributed by atoms with Gasteiger partial charge in [-0.25, -0.2) is 0 Å². The number of rotatable bonds is 11. The van der Waals surface area contributed by atoms with Crippen LogP contribution in [0.15, 0.2) is 24.3 Å². The van der Waals surface area contributed by atoms with Crippen LogP contribution in [0.2, 0.25) is 0 Å². The SMILES string of the molecule is CCCCCC[C@H]1C[C@@H](c2ccc(C3CCC(CCCCC)CC3)cc2)OC1=O. The Balaban J connectivity index is 1.45. The molecular weight excluding hydrogens is 356 g/mol. The summed E-state index contributed by atoms with van der Waals surface area (Å²) in [5.74, 6) is 1.82. The van der Waals surface area contributed by atoms with E-state index in [-0.39, 0.29) is 18.0 Å². The molecule has 1 aromatic rings. The van der Waals surface area contributed by atoms with Crippen molar-refractivity contribution >= 4 is 5.97 Å². The van der Waals surface area contributed by atoms with Gasteiger partial charge in [0, 0.05) is 6.42 Å². The zero-order valence-electron chi connectivity index (χ0n) is 18.8. The number of benzene rings is 1. The second-order valence-electron chi connectivity index (χ2n) is 9.59.